The highest BCUT2D eigenvalue weighted by molar-refractivity contribution is 7.92. The van der Waals surface area contributed by atoms with Crippen molar-refractivity contribution in [1.82, 2.24) is 9.13 Å². The van der Waals surface area contributed by atoms with Gasteiger partial charge in [0, 0.05) is 14.1 Å². The molecule has 1 atom stereocenters. The fourth-order valence-corrected chi connectivity index (χ4v) is 4.21. The predicted octanol–water partition coefficient (Wildman–Crippen LogP) is 1.40. The third-order valence-electron chi connectivity index (χ3n) is 4.72. The average molecular weight is 402 g/mol. The highest BCUT2D eigenvalue weighted by atomic mass is 32.2. The molecule has 1 aliphatic rings. The Morgan fingerprint density at radius 3 is 2.50 bits per heavy atom. The number of hydrogen-bond acceptors (Lipinski definition) is 5. The first-order valence-corrected chi connectivity index (χ1v) is 9.95. The van der Waals surface area contributed by atoms with E-state index in [2.05, 4.69) is 10.0 Å². The molecule has 28 heavy (non-hydrogen) atoms. The molecule has 0 saturated carbocycles. The Morgan fingerprint density at radius 1 is 1.04 bits per heavy atom. The van der Waals surface area contributed by atoms with Crippen LogP contribution >= 0.6 is 0 Å². The number of nitrogens with one attached hydrogen (secondary N) is 2. The normalized spacial score (nSPS) is 16.4. The number of aromatic nitrogens is 2. The fourth-order valence-electron chi connectivity index (χ4n) is 3.14. The van der Waals surface area contributed by atoms with Crippen LogP contribution in [0.1, 0.15) is 6.92 Å². The van der Waals surface area contributed by atoms with Crippen LogP contribution < -0.4 is 20.5 Å². The zero-order valence-corrected chi connectivity index (χ0v) is 16.2. The van der Waals surface area contributed by atoms with Gasteiger partial charge in [0.25, 0.3) is 15.9 Å². The summed E-state index contributed by atoms with van der Waals surface area (Å²) in [5, 5.41) is 2.63. The highest BCUT2D eigenvalue weighted by Crippen LogP contribution is 2.32. The lowest BCUT2D eigenvalue weighted by molar-refractivity contribution is -0.122. The summed E-state index contributed by atoms with van der Waals surface area (Å²) in [5.41, 5.74) is 1.72. The molecule has 146 valence electrons. The van der Waals surface area contributed by atoms with Gasteiger partial charge in [-0.25, -0.2) is 13.2 Å². The second-order valence-electron chi connectivity index (χ2n) is 6.62. The molecule has 4 rings (SSSR count). The van der Waals surface area contributed by atoms with E-state index in [0.717, 1.165) is 0 Å². The van der Waals surface area contributed by atoms with E-state index in [4.69, 9.17) is 4.74 Å². The first-order valence-electron chi connectivity index (χ1n) is 8.47. The van der Waals surface area contributed by atoms with Crippen LogP contribution in [0, 0.1) is 0 Å². The second-order valence-corrected chi connectivity index (χ2v) is 8.30. The molecule has 1 aromatic heterocycles. The Labute approximate surface area is 160 Å². The number of nitrogens with zero attached hydrogens (tertiary/aromatic N) is 2. The fraction of sp³-hybridized carbons (Fsp3) is 0.222. The lowest BCUT2D eigenvalue weighted by Crippen LogP contribution is -2.34. The molecule has 0 radical (unpaired) electrons. The molecular weight excluding hydrogens is 384 g/mol. The van der Waals surface area contributed by atoms with Crippen LogP contribution in [0.15, 0.2) is 46.1 Å². The second kappa shape index (κ2) is 6.13. The van der Waals surface area contributed by atoms with E-state index < -0.39 is 16.1 Å². The molecule has 2 aromatic carbocycles. The van der Waals surface area contributed by atoms with E-state index in [-0.39, 0.29) is 16.5 Å². The number of aryl methyl sites for hydroxylation is 2. The molecule has 1 aliphatic heterocycles. The highest BCUT2D eigenvalue weighted by Gasteiger charge is 2.25. The van der Waals surface area contributed by atoms with Gasteiger partial charge in [-0.05, 0) is 43.3 Å². The molecule has 3 aromatic rings. The standard InChI is InChI=1S/C18H18N4O5S/c1-10-17(23)19-13-9-12(5-7-16(13)27-10)28(25,26)20-11-4-6-14-15(8-11)22(3)18(24)21(14)2/h4-10,20H,1-3H3,(H,19,23)/t10-/m0/s1. The average Bonchev–Trinajstić information content (AvgIpc) is 2.86. The van der Waals surface area contributed by atoms with E-state index in [1.54, 1.807) is 39.2 Å². The van der Waals surface area contributed by atoms with Crippen LogP contribution in [0.2, 0.25) is 0 Å². The Balaban J connectivity index is 1.69. The van der Waals surface area contributed by atoms with Crippen molar-refractivity contribution < 1.29 is 17.9 Å². The van der Waals surface area contributed by atoms with Gasteiger partial charge in [0.1, 0.15) is 5.75 Å². The van der Waals surface area contributed by atoms with Crippen LogP contribution in [0.3, 0.4) is 0 Å². The van der Waals surface area contributed by atoms with Crippen molar-refractivity contribution in [1.29, 1.82) is 0 Å². The largest absolute Gasteiger partial charge is 0.479 e. The minimum atomic E-state index is -3.91. The third-order valence-corrected chi connectivity index (χ3v) is 6.10. The molecule has 0 saturated heterocycles. The van der Waals surface area contributed by atoms with E-state index in [9.17, 15) is 18.0 Å². The molecule has 0 aliphatic carbocycles. The van der Waals surface area contributed by atoms with Crippen molar-refractivity contribution in [3.05, 3.63) is 46.9 Å². The molecular formula is C18H18N4O5S. The van der Waals surface area contributed by atoms with Gasteiger partial charge in [-0.15, -0.1) is 0 Å². The first-order chi connectivity index (χ1) is 13.2. The molecule has 9 nitrogen and oxygen atoms in total. The number of hydrogen-bond donors (Lipinski definition) is 2. The molecule has 0 unspecified atom stereocenters. The quantitative estimate of drug-likeness (QED) is 0.688. The van der Waals surface area contributed by atoms with Crippen molar-refractivity contribution in [3.63, 3.8) is 0 Å². The zero-order valence-electron chi connectivity index (χ0n) is 15.4. The van der Waals surface area contributed by atoms with Gasteiger partial charge in [0.05, 0.1) is 27.3 Å². The summed E-state index contributed by atoms with van der Waals surface area (Å²) in [6, 6.07) is 9.12. The minimum absolute atomic E-state index is 0.0215. The predicted molar refractivity (Wildman–Crippen MR) is 104 cm³/mol. The molecule has 2 N–H and O–H groups in total. The third kappa shape index (κ3) is 2.82. The van der Waals surface area contributed by atoms with Crippen LogP contribution in [0.5, 0.6) is 5.75 Å². The Kier molecular flexibility index (Phi) is 3.96. The molecule has 1 amide bonds. The van der Waals surface area contributed by atoms with Gasteiger partial charge in [0.2, 0.25) is 0 Å². The van der Waals surface area contributed by atoms with Crippen LogP contribution in [-0.4, -0.2) is 29.6 Å². The lowest BCUT2D eigenvalue weighted by atomic mass is 10.2. The van der Waals surface area contributed by atoms with Crippen molar-refractivity contribution in [2.24, 2.45) is 14.1 Å². The number of amides is 1. The van der Waals surface area contributed by atoms with Gasteiger partial charge in [-0.3, -0.25) is 18.7 Å². The number of carbonyl (C=O) groups excluding carboxylic acids is 1. The van der Waals surface area contributed by atoms with Gasteiger partial charge < -0.3 is 10.1 Å². The van der Waals surface area contributed by atoms with Gasteiger partial charge in [-0.2, -0.15) is 0 Å². The number of ether oxygens (including phenoxy) is 1. The molecule has 10 heteroatoms. The first kappa shape index (κ1) is 18.1. The van der Waals surface area contributed by atoms with E-state index in [0.29, 0.717) is 28.2 Å². The minimum Gasteiger partial charge on any atom is -0.479 e. The SMILES string of the molecule is C[C@@H]1Oc2ccc(S(=O)(=O)Nc3ccc4c(c3)n(C)c(=O)n4C)cc2NC1=O. The Bertz CT molecular complexity index is 1290. The summed E-state index contributed by atoms with van der Waals surface area (Å²) in [7, 11) is -0.641. The number of imidazole rings is 1. The van der Waals surface area contributed by atoms with Crippen LogP contribution in [-0.2, 0) is 28.9 Å². The molecule has 0 bridgehead atoms. The molecule has 0 fully saturated rings. The number of fused-ring (bicyclic) bond motifs is 2. The summed E-state index contributed by atoms with van der Waals surface area (Å²) in [6.07, 6.45) is -0.641. The van der Waals surface area contributed by atoms with Crippen molar-refractivity contribution in [2.45, 2.75) is 17.9 Å². The summed E-state index contributed by atoms with van der Waals surface area (Å²) < 4.78 is 36.5. The number of sulfonamides is 1. The van der Waals surface area contributed by atoms with Crippen LogP contribution in [0.4, 0.5) is 11.4 Å². The molecule has 2 heterocycles. The summed E-state index contributed by atoms with van der Waals surface area (Å²) in [5.74, 6) is 0.0669. The number of carbonyl (C=O) groups is 1. The zero-order chi connectivity index (χ0) is 20.2. The maximum absolute atomic E-state index is 12.8. The smallest absolute Gasteiger partial charge is 0.328 e. The summed E-state index contributed by atoms with van der Waals surface area (Å²) >= 11 is 0. The number of rotatable bonds is 3. The van der Waals surface area contributed by atoms with E-state index in [1.807, 2.05) is 0 Å². The van der Waals surface area contributed by atoms with Gasteiger partial charge >= 0.3 is 5.69 Å². The Hall–Kier alpha value is -3.27. The van der Waals surface area contributed by atoms with E-state index in [1.165, 1.54) is 27.3 Å². The summed E-state index contributed by atoms with van der Waals surface area (Å²) in [6.45, 7) is 1.61. The van der Waals surface area contributed by atoms with Crippen molar-refractivity contribution in [3.8, 4) is 5.75 Å². The maximum Gasteiger partial charge on any atom is 0.328 e. The lowest BCUT2D eigenvalue weighted by Gasteiger charge is -2.23. The van der Waals surface area contributed by atoms with Gasteiger partial charge in [-0.1, -0.05) is 0 Å². The number of benzene rings is 2. The topological polar surface area (TPSA) is 111 Å². The summed E-state index contributed by atoms with van der Waals surface area (Å²) in [4.78, 5) is 23.8. The molecule has 0 spiro atoms. The van der Waals surface area contributed by atoms with Crippen molar-refractivity contribution >= 4 is 38.3 Å². The van der Waals surface area contributed by atoms with Crippen molar-refractivity contribution in [2.75, 3.05) is 10.0 Å². The van der Waals surface area contributed by atoms with Crippen LogP contribution in [0.25, 0.3) is 11.0 Å². The number of anilines is 2. The maximum atomic E-state index is 12.8. The monoisotopic (exact) mass is 402 g/mol. The Morgan fingerprint density at radius 2 is 1.75 bits per heavy atom. The van der Waals surface area contributed by atoms with E-state index >= 15 is 0 Å². The van der Waals surface area contributed by atoms with Gasteiger partial charge in [0.15, 0.2) is 6.10 Å².